The minimum Gasteiger partial charge on any atom is -0.312 e. The first kappa shape index (κ1) is 17.1. The first-order valence-corrected chi connectivity index (χ1v) is 6.35. The lowest BCUT2D eigenvalue weighted by molar-refractivity contribution is -0.138. The number of nitrogens with one attached hydrogen (secondary N) is 1. The zero-order valence-corrected chi connectivity index (χ0v) is 10.7. The van der Waals surface area contributed by atoms with E-state index in [1.807, 2.05) is 0 Å². The molecule has 114 valence electrons. The van der Waals surface area contributed by atoms with Crippen LogP contribution in [0.15, 0.2) is 18.2 Å². The Labute approximate surface area is 114 Å². The summed E-state index contributed by atoms with van der Waals surface area (Å²) in [7, 11) is 0. The molecule has 0 saturated carbocycles. The molecule has 0 aliphatic heterocycles. The fourth-order valence-corrected chi connectivity index (χ4v) is 1.91. The molecule has 0 spiro atoms. The van der Waals surface area contributed by atoms with Crippen LogP contribution in [0.2, 0.25) is 0 Å². The van der Waals surface area contributed by atoms with E-state index in [2.05, 4.69) is 5.32 Å². The van der Waals surface area contributed by atoms with Crippen molar-refractivity contribution in [3.8, 4) is 0 Å². The summed E-state index contributed by atoms with van der Waals surface area (Å²) in [4.78, 5) is 0. The molecule has 1 aromatic carbocycles. The molecule has 0 radical (unpaired) electrons. The van der Waals surface area contributed by atoms with Crippen molar-refractivity contribution < 1.29 is 30.7 Å². The van der Waals surface area contributed by atoms with Gasteiger partial charge in [-0.2, -0.15) is 26.3 Å². The van der Waals surface area contributed by atoms with Gasteiger partial charge in [0.15, 0.2) is 0 Å². The predicted octanol–water partition coefficient (Wildman–Crippen LogP) is 4.19. The van der Waals surface area contributed by atoms with E-state index in [1.54, 1.807) is 0 Å². The summed E-state index contributed by atoms with van der Waals surface area (Å²) in [6.45, 7) is -0.396. The first-order valence-electron chi connectivity index (χ1n) is 5.36. The molecule has 0 bridgehead atoms. The van der Waals surface area contributed by atoms with E-state index in [9.17, 15) is 30.7 Å². The summed E-state index contributed by atoms with van der Waals surface area (Å²) in [5, 5.41) is 2.46. The third-order valence-electron chi connectivity index (χ3n) is 2.24. The number of hydrogen-bond donors (Lipinski definition) is 1. The Balaban J connectivity index is 2.56. The highest BCUT2D eigenvalue weighted by molar-refractivity contribution is 8.00. The van der Waals surface area contributed by atoms with E-state index in [0.29, 0.717) is 6.07 Å². The third kappa shape index (κ3) is 6.00. The van der Waals surface area contributed by atoms with Gasteiger partial charge in [0.25, 0.3) is 0 Å². The zero-order chi connectivity index (χ0) is 15.4. The van der Waals surface area contributed by atoms with E-state index in [-0.39, 0.29) is 36.2 Å². The topological polar surface area (TPSA) is 12.0 Å². The van der Waals surface area contributed by atoms with E-state index in [4.69, 9.17) is 0 Å². The Bertz CT molecular complexity index is 441. The number of rotatable bonds is 5. The average Bonchev–Trinajstić information content (AvgIpc) is 2.27. The van der Waals surface area contributed by atoms with E-state index in [0.717, 1.165) is 12.1 Å². The second-order valence-electron chi connectivity index (χ2n) is 3.77. The normalized spacial score (nSPS) is 12.8. The predicted molar refractivity (Wildman–Crippen MR) is 61.6 cm³/mol. The van der Waals surface area contributed by atoms with Gasteiger partial charge < -0.3 is 5.32 Å². The molecule has 0 aliphatic carbocycles. The van der Waals surface area contributed by atoms with Gasteiger partial charge in [0.2, 0.25) is 0 Å². The van der Waals surface area contributed by atoms with Crippen LogP contribution in [0.25, 0.3) is 0 Å². The molecule has 9 heteroatoms. The van der Waals surface area contributed by atoms with Crippen molar-refractivity contribution in [2.45, 2.75) is 18.2 Å². The van der Waals surface area contributed by atoms with Crippen molar-refractivity contribution >= 4 is 11.8 Å². The fraction of sp³-hybridized carbons (Fsp3) is 0.455. The van der Waals surface area contributed by atoms with Gasteiger partial charge in [-0.25, -0.2) is 4.39 Å². The molecule has 0 heterocycles. The molecule has 0 unspecified atom stereocenters. The van der Waals surface area contributed by atoms with Crippen LogP contribution in [0.1, 0.15) is 11.1 Å². The van der Waals surface area contributed by atoms with Crippen LogP contribution >= 0.6 is 11.8 Å². The Morgan fingerprint density at radius 1 is 1.05 bits per heavy atom. The highest BCUT2D eigenvalue weighted by Gasteiger charge is 2.33. The quantitative estimate of drug-likeness (QED) is 0.645. The van der Waals surface area contributed by atoms with Crippen LogP contribution in [0.5, 0.6) is 0 Å². The minimum absolute atomic E-state index is 0.112. The molecule has 0 saturated heterocycles. The Hall–Kier alpha value is -0.960. The van der Waals surface area contributed by atoms with Crippen molar-refractivity contribution in [1.82, 2.24) is 5.32 Å². The molecular formula is C11H10F7NS. The first-order chi connectivity index (χ1) is 9.09. The van der Waals surface area contributed by atoms with Gasteiger partial charge in [-0.05, 0) is 29.5 Å². The second kappa shape index (κ2) is 6.66. The highest BCUT2D eigenvalue weighted by Crippen LogP contribution is 2.32. The van der Waals surface area contributed by atoms with Crippen LogP contribution < -0.4 is 5.32 Å². The zero-order valence-electron chi connectivity index (χ0n) is 9.91. The van der Waals surface area contributed by atoms with Crippen LogP contribution in [-0.4, -0.2) is 17.8 Å². The maximum Gasteiger partial charge on any atom is 0.441 e. The van der Waals surface area contributed by atoms with Crippen molar-refractivity contribution in [3.63, 3.8) is 0 Å². The molecule has 0 aliphatic rings. The minimum atomic E-state index is -4.71. The van der Waals surface area contributed by atoms with Crippen molar-refractivity contribution in [2.75, 3.05) is 12.3 Å². The van der Waals surface area contributed by atoms with E-state index in [1.165, 1.54) is 0 Å². The maximum atomic E-state index is 12.8. The lowest BCUT2D eigenvalue weighted by Gasteiger charge is -2.13. The second-order valence-corrected chi connectivity index (χ2v) is 4.93. The molecular weight excluding hydrogens is 311 g/mol. The van der Waals surface area contributed by atoms with Crippen LogP contribution in [-0.2, 0) is 12.7 Å². The molecule has 0 amide bonds. The largest absolute Gasteiger partial charge is 0.441 e. The summed E-state index contributed by atoms with van der Waals surface area (Å²) in [5.74, 6) is -1.33. The summed E-state index contributed by atoms with van der Waals surface area (Å²) in [6.07, 6.45) is -4.71. The van der Waals surface area contributed by atoms with Crippen LogP contribution in [0.3, 0.4) is 0 Å². The monoisotopic (exact) mass is 321 g/mol. The lowest BCUT2D eigenvalue weighted by atomic mass is 10.1. The van der Waals surface area contributed by atoms with Gasteiger partial charge >= 0.3 is 11.7 Å². The van der Waals surface area contributed by atoms with Crippen molar-refractivity contribution in [1.29, 1.82) is 0 Å². The molecule has 0 aromatic heterocycles. The number of hydrogen-bond acceptors (Lipinski definition) is 2. The Kier molecular flexibility index (Phi) is 5.69. The van der Waals surface area contributed by atoms with E-state index < -0.39 is 23.1 Å². The maximum absolute atomic E-state index is 12.8. The Morgan fingerprint density at radius 3 is 2.25 bits per heavy atom. The molecule has 0 atom stereocenters. The Morgan fingerprint density at radius 2 is 1.70 bits per heavy atom. The molecule has 1 nitrogen and oxygen atoms in total. The molecule has 1 rings (SSSR count). The van der Waals surface area contributed by atoms with Crippen LogP contribution in [0.4, 0.5) is 30.7 Å². The van der Waals surface area contributed by atoms with Gasteiger partial charge in [-0.15, -0.1) is 0 Å². The van der Waals surface area contributed by atoms with E-state index >= 15 is 0 Å². The SMILES string of the molecule is Fc1ccc(CNCCSC(F)(F)F)c(C(F)(F)F)c1. The number of alkyl halides is 6. The molecule has 1 aromatic rings. The van der Waals surface area contributed by atoms with Gasteiger partial charge in [-0.3, -0.25) is 0 Å². The van der Waals surface area contributed by atoms with Gasteiger partial charge in [-0.1, -0.05) is 6.07 Å². The average molecular weight is 321 g/mol. The number of thioether (sulfide) groups is 1. The van der Waals surface area contributed by atoms with Crippen molar-refractivity contribution in [2.24, 2.45) is 0 Å². The van der Waals surface area contributed by atoms with Gasteiger partial charge in [0.05, 0.1) is 5.56 Å². The summed E-state index contributed by atoms with van der Waals surface area (Å²) in [6, 6.07) is 2.19. The molecule has 0 fully saturated rings. The fourth-order valence-electron chi connectivity index (χ4n) is 1.43. The van der Waals surface area contributed by atoms with Crippen LogP contribution in [0, 0.1) is 5.82 Å². The number of benzene rings is 1. The highest BCUT2D eigenvalue weighted by atomic mass is 32.2. The summed E-state index contributed by atoms with van der Waals surface area (Å²) < 4.78 is 86.1. The lowest BCUT2D eigenvalue weighted by Crippen LogP contribution is -2.21. The molecule has 20 heavy (non-hydrogen) atoms. The summed E-state index contributed by atoms with van der Waals surface area (Å²) in [5.41, 5.74) is -5.71. The van der Waals surface area contributed by atoms with Gasteiger partial charge in [0, 0.05) is 18.8 Å². The van der Waals surface area contributed by atoms with Crippen molar-refractivity contribution in [3.05, 3.63) is 35.1 Å². The summed E-state index contributed by atoms with van der Waals surface area (Å²) >= 11 is -0.264. The third-order valence-corrected chi connectivity index (χ3v) is 2.97. The number of halogens is 7. The standard InChI is InChI=1S/C11H10F7NS/c12-8-2-1-7(9(5-8)10(13,14)15)6-19-3-4-20-11(16,17)18/h1-2,5,19H,3-4,6H2. The van der Waals surface area contributed by atoms with Gasteiger partial charge in [0.1, 0.15) is 5.82 Å². The molecule has 1 N–H and O–H groups in total. The smallest absolute Gasteiger partial charge is 0.312 e.